The average molecular weight is 260 g/mol. The normalized spacial score (nSPS) is 21.8. The van der Waals surface area contributed by atoms with Gasteiger partial charge in [0.05, 0.1) is 6.04 Å². The van der Waals surface area contributed by atoms with Gasteiger partial charge in [0.15, 0.2) is 0 Å². The quantitative estimate of drug-likeness (QED) is 0.906. The van der Waals surface area contributed by atoms with Gasteiger partial charge < -0.3 is 10.6 Å². The fraction of sp³-hybridized carbons (Fsp3) is 0.562. The van der Waals surface area contributed by atoms with E-state index in [0.717, 1.165) is 24.9 Å². The van der Waals surface area contributed by atoms with E-state index < -0.39 is 6.04 Å². The molecule has 0 saturated carbocycles. The maximum absolute atomic E-state index is 12.5. The molecule has 1 unspecified atom stereocenters. The third-order valence-electron chi connectivity index (χ3n) is 3.95. The third-order valence-corrected chi connectivity index (χ3v) is 3.95. The molecule has 0 aliphatic carbocycles. The largest absolute Gasteiger partial charge is 0.339 e. The van der Waals surface area contributed by atoms with Crippen LogP contribution >= 0.6 is 0 Å². The van der Waals surface area contributed by atoms with Crippen molar-refractivity contribution >= 4 is 5.91 Å². The van der Waals surface area contributed by atoms with E-state index in [4.69, 9.17) is 5.73 Å². The second-order valence-corrected chi connectivity index (χ2v) is 5.53. The molecular weight excluding hydrogens is 236 g/mol. The molecule has 1 aromatic carbocycles. The Morgan fingerprint density at radius 1 is 1.32 bits per heavy atom. The highest BCUT2D eigenvalue weighted by atomic mass is 16.2. The van der Waals surface area contributed by atoms with Crippen LogP contribution in [0.5, 0.6) is 0 Å². The van der Waals surface area contributed by atoms with Crippen LogP contribution in [0.15, 0.2) is 30.3 Å². The fourth-order valence-corrected chi connectivity index (χ4v) is 2.77. The Hall–Kier alpha value is -1.35. The Morgan fingerprint density at radius 2 is 2.05 bits per heavy atom. The van der Waals surface area contributed by atoms with Gasteiger partial charge in [-0.25, -0.2) is 0 Å². The van der Waals surface area contributed by atoms with Gasteiger partial charge in [-0.15, -0.1) is 0 Å². The van der Waals surface area contributed by atoms with Gasteiger partial charge >= 0.3 is 0 Å². The molecule has 1 aliphatic heterocycles. The summed E-state index contributed by atoms with van der Waals surface area (Å²) in [4.78, 5) is 14.5. The molecule has 19 heavy (non-hydrogen) atoms. The van der Waals surface area contributed by atoms with Crippen LogP contribution in [0.1, 0.15) is 38.2 Å². The van der Waals surface area contributed by atoms with E-state index in [2.05, 4.69) is 6.92 Å². The molecular formula is C16H24N2O. The molecule has 3 nitrogen and oxygen atoms in total. The van der Waals surface area contributed by atoms with Crippen LogP contribution in [0.3, 0.4) is 0 Å². The van der Waals surface area contributed by atoms with Crippen molar-refractivity contribution in [3.63, 3.8) is 0 Å². The zero-order valence-corrected chi connectivity index (χ0v) is 11.7. The van der Waals surface area contributed by atoms with Gasteiger partial charge in [-0.2, -0.15) is 0 Å². The van der Waals surface area contributed by atoms with Gasteiger partial charge in [-0.3, -0.25) is 4.79 Å². The molecule has 2 N–H and O–H groups in total. The summed E-state index contributed by atoms with van der Waals surface area (Å²) < 4.78 is 0. The monoisotopic (exact) mass is 260 g/mol. The first-order valence-corrected chi connectivity index (χ1v) is 7.28. The van der Waals surface area contributed by atoms with E-state index in [-0.39, 0.29) is 5.91 Å². The van der Waals surface area contributed by atoms with Gasteiger partial charge in [-0.05, 0) is 31.7 Å². The molecule has 2 rings (SSSR count). The van der Waals surface area contributed by atoms with E-state index >= 15 is 0 Å². The maximum Gasteiger partial charge on any atom is 0.240 e. The molecule has 0 bridgehead atoms. The lowest BCUT2D eigenvalue weighted by Gasteiger charge is -2.29. The highest BCUT2D eigenvalue weighted by molar-refractivity contribution is 5.82. The van der Waals surface area contributed by atoms with Gasteiger partial charge in [-0.1, -0.05) is 43.2 Å². The predicted molar refractivity (Wildman–Crippen MR) is 77.8 cm³/mol. The maximum atomic E-state index is 12.5. The Balaban J connectivity index is 1.97. The second kappa shape index (κ2) is 6.71. The Bertz CT molecular complexity index is 404. The molecule has 3 heteroatoms. The zero-order valence-electron chi connectivity index (χ0n) is 11.7. The van der Waals surface area contributed by atoms with Crippen molar-refractivity contribution < 1.29 is 4.79 Å². The number of nitrogens with two attached hydrogens (primary N) is 1. The van der Waals surface area contributed by atoms with Crippen LogP contribution in [-0.4, -0.2) is 29.4 Å². The van der Waals surface area contributed by atoms with E-state index in [9.17, 15) is 4.79 Å². The minimum Gasteiger partial charge on any atom is -0.339 e. The fourth-order valence-electron chi connectivity index (χ4n) is 2.77. The standard InChI is InChI=1S/C16H24N2O/c1-13-8-4-3-7-11-18(13)16(19)15(17)12-14-9-5-2-6-10-14/h2,5-6,9-10,13,15H,3-4,7-8,11-12,17H2,1H3/t13?,15-/m1/s1. The number of nitrogens with zero attached hydrogens (tertiary/aromatic N) is 1. The van der Waals surface area contributed by atoms with Crippen molar-refractivity contribution in [1.82, 2.24) is 4.90 Å². The summed E-state index contributed by atoms with van der Waals surface area (Å²) in [5.74, 6) is 0.109. The number of hydrogen-bond acceptors (Lipinski definition) is 2. The van der Waals surface area contributed by atoms with E-state index in [0.29, 0.717) is 12.5 Å². The van der Waals surface area contributed by atoms with Crippen molar-refractivity contribution in [1.29, 1.82) is 0 Å². The highest BCUT2D eigenvalue weighted by Gasteiger charge is 2.26. The summed E-state index contributed by atoms with van der Waals surface area (Å²) in [7, 11) is 0. The van der Waals surface area contributed by atoms with Gasteiger partial charge in [0.25, 0.3) is 0 Å². The lowest BCUT2D eigenvalue weighted by atomic mass is 10.0. The predicted octanol–water partition coefficient (Wildman–Crippen LogP) is 2.35. The SMILES string of the molecule is CC1CCCCCN1C(=O)[C@H](N)Cc1ccccc1. The van der Waals surface area contributed by atoms with Crippen LogP contribution in [0.4, 0.5) is 0 Å². The van der Waals surface area contributed by atoms with Crippen molar-refractivity contribution in [2.75, 3.05) is 6.54 Å². The van der Waals surface area contributed by atoms with Gasteiger partial charge in [0.2, 0.25) is 5.91 Å². The smallest absolute Gasteiger partial charge is 0.240 e. The molecule has 1 aliphatic rings. The minimum absolute atomic E-state index is 0.109. The molecule has 1 aromatic rings. The first-order chi connectivity index (χ1) is 9.18. The van der Waals surface area contributed by atoms with E-state index in [1.54, 1.807) is 0 Å². The van der Waals surface area contributed by atoms with Crippen LogP contribution in [0.2, 0.25) is 0 Å². The summed E-state index contributed by atoms with van der Waals surface area (Å²) in [5, 5.41) is 0. The molecule has 1 saturated heterocycles. The van der Waals surface area contributed by atoms with Crippen molar-refractivity contribution in [2.24, 2.45) is 5.73 Å². The Morgan fingerprint density at radius 3 is 2.79 bits per heavy atom. The number of carbonyl (C=O) groups is 1. The van der Waals surface area contributed by atoms with Crippen LogP contribution in [0, 0.1) is 0 Å². The lowest BCUT2D eigenvalue weighted by molar-refractivity contribution is -0.134. The number of carbonyl (C=O) groups excluding carboxylic acids is 1. The molecule has 1 fully saturated rings. The number of benzene rings is 1. The Labute approximate surface area is 115 Å². The van der Waals surface area contributed by atoms with Crippen LogP contribution in [-0.2, 0) is 11.2 Å². The number of hydrogen-bond donors (Lipinski definition) is 1. The van der Waals surface area contributed by atoms with E-state index in [1.807, 2.05) is 35.2 Å². The summed E-state index contributed by atoms with van der Waals surface area (Å²) in [5.41, 5.74) is 7.23. The average Bonchev–Trinajstić information content (AvgIpc) is 2.63. The van der Waals surface area contributed by atoms with Crippen molar-refractivity contribution in [2.45, 2.75) is 51.1 Å². The zero-order chi connectivity index (χ0) is 13.7. The van der Waals surface area contributed by atoms with Gasteiger partial charge in [0, 0.05) is 12.6 Å². The Kier molecular flexibility index (Phi) is 4.97. The van der Waals surface area contributed by atoms with Gasteiger partial charge in [0.1, 0.15) is 0 Å². The summed E-state index contributed by atoms with van der Waals surface area (Å²) in [6.45, 7) is 3.00. The second-order valence-electron chi connectivity index (χ2n) is 5.53. The first kappa shape index (κ1) is 14.1. The van der Waals surface area contributed by atoms with Crippen molar-refractivity contribution in [3.05, 3.63) is 35.9 Å². The molecule has 2 atom stereocenters. The summed E-state index contributed by atoms with van der Waals surface area (Å²) in [6, 6.07) is 9.92. The van der Waals surface area contributed by atoms with E-state index in [1.165, 1.54) is 12.8 Å². The van der Waals surface area contributed by atoms with Crippen molar-refractivity contribution in [3.8, 4) is 0 Å². The number of rotatable bonds is 3. The minimum atomic E-state index is -0.414. The number of likely N-dealkylation sites (tertiary alicyclic amines) is 1. The summed E-state index contributed by atoms with van der Waals surface area (Å²) in [6.07, 6.45) is 5.28. The number of amides is 1. The molecule has 104 valence electrons. The lowest BCUT2D eigenvalue weighted by Crippen LogP contribution is -2.48. The summed E-state index contributed by atoms with van der Waals surface area (Å²) >= 11 is 0. The molecule has 1 heterocycles. The molecule has 0 radical (unpaired) electrons. The van der Waals surface area contributed by atoms with Crippen LogP contribution in [0.25, 0.3) is 0 Å². The third kappa shape index (κ3) is 3.80. The highest BCUT2D eigenvalue weighted by Crippen LogP contribution is 2.17. The molecule has 0 spiro atoms. The van der Waals surface area contributed by atoms with Crippen LogP contribution < -0.4 is 5.73 Å². The molecule has 0 aromatic heterocycles. The molecule has 1 amide bonds. The topological polar surface area (TPSA) is 46.3 Å². The first-order valence-electron chi connectivity index (χ1n) is 7.28.